The van der Waals surface area contributed by atoms with Crippen LogP contribution in [0.1, 0.15) is 39.5 Å². The maximum absolute atomic E-state index is 10.9. The third-order valence-electron chi connectivity index (χ3n) is 1.23. The zero-order chi connectivity index (χ0) is 8.69. The van der Waals surface area contributed by atoms with Crippen LogP contribution >= 0.6 is 8.58 Å². The molecule has 0 radical (unpaired) electrons. The van der Waals surface area contributed by atoms with E-state index in [1.165, 1.54) is 0 Å². The van der Waals surface area contributed by atoms with Crippen LogP contribution in [-0.2, 0) is 9.59 Å². The molecule has 0 aliphatic heterocycles. The lowest BCUT2D eigenvalue weighted by Crippen LogP contribution is -1.95. The molecule has 0 aliphatic carbocycles. The second-order valence-corrected chi connectivity index (χ2v) is 3.84. The van der Waals surface area contributed by atoms with Crippen molar-refractivity contribution in [2.75, 3.05) is 0 Å². The fourth-order valence-electron chi connectivity index (χ4n) is 0.735. The highest BCUT2D eigenvalue weighted by atomic mass is 31.1. The van der Waals surface area contributed by atoms with E-state index in [1.807, 2.05) is 13.8 Å². The molecule has 0 aromatic heterocycles. The molecule has 0 heterocycles. The van der Waals surface area contributed by atoms with E-state index < -0.39 is 0 Å². The van der Waals surface area contributed by atoms with Crippen LogP contribution in [0.25, 0.3) is 0 Å². The van der Waals surface area contributed by atoms with Crippen molar-refractivity contribution in [2.24, 2.45) is 0 Å². The van der Waals surface area contributed by atoms with Gasteiger partial charge in [0.2, 0.25) is 0 Å². The molecule has 0 atom stereocenters. The number of rotatable bonds is 6. The largest absolute Gasteiger partial charge is 0.294 e. The van der Waals surface area contributed by atoms with Crippen LogP contribution in [0, 0.1) is 0 Å². The highest BCUT2D eigenvalue weighted by Gasteiger charge is 2.06. The first kappa shape index (κ1) is 10.8. The van der Waals surface area contributed by atoms with Crippen LogP contribution in [0.4, 0.5) is 0 Å². The minimum Gasteiger partial charge on any atom is -0.294 e. The van der Waals surface area contributed by atoms with Crippen molar-refractivity contribution < 1.29 is 9.59 Å². The Balaban J connectivity index is 3.49. The Morgan fingerprint density at radius 3 is 1.64 bits per heavy atom. The standard InChI is InChI=1S/C8H15O2P/c1-3-5-7(9)11-8(10)6-4-2/h11H,3-6H2,1-2H3. The van der Waals surface area contributed by atoms with Gasteiger partial charge in [0.05, 0.1) is 0 Å². The lowest BCUT2D eigenvalue weighted by Gasteiger charge is -1.96. The van der Waals surface area contributed by atoms with Gasteiger partial charge in [-0.25, -0.2) is 0 Å². The van der Waals surface area contributed by atoms with E-state index >= 15 is 0 Å². The quantitative estimate of drug-likeness (QED) is 0.579. The average Bonchev–Trinajstić information content (AvgIpc) is 1.87. The van der Waals surface area contributed by atoms with E-state index in [2.05, 4.69) is 0 Å². The second kappa shape index (κ2) is 6.48. The monoisotopic (exact) mass is 174 g/mol. The molecule has 2 nitrogen and oxygen atoms in total. The molecule has 0 unspecified atom stereocenters. The van der Waals surface area contributed by atoms with Gasteiger partial charge in [-0.2, -0.15) is 0 Å². The van der Waals surface area contributed by atoms with E-state index in [-0.39, 0.29) is 19.6 Å². The zero-order valence-corrected chi connectivity index (χ0v) is 8.14. The van der Waals surface area contributed by atoms with Gasteiger partial charge in [0.15, 0.2) is 11.0 Å². The molecular weight excluding hydrogens is 159 g/mol. The molecule has 0 amide bonds. The fourth-order valence-corrected chi connectivity index (χ4v) is 1.80. The van der Waals surface area contributed by atoms with Gasteiger partial charge in [0.25, 0.3) is 0 Å². The third-order valence-corrected chi connectivity index (χ3v) is 2.29. The molecule has 0 aromatic carbocycles. The SMILES string of the molecule is CCCC(=O)PC(=O)CCC. The molecule has 0 aliphatic rings. The van der Waals surface area contributed by atoms with E-state index in [0.29, 0.717) is 12.8 Å². The predicted molar refractivity (Wildman–Crippen MR) is 48.1 cm³/mol. The molecule has 11 heavy (non-hydrogen) atoms. The first-order valence-corrected chi connectivity index (χ1v) is 5.03. The first-order valence-electron chi connectivity index (χ1n) is 4.03. The molecule has 64 valence electrons. The number of hydrogen-bond acceptors (Lipinski definition) is 2. The summed E-state index contributed by atoms with van der Waals surface area (Å²) in [6.07, 6.45) is 2.83. The molecular formula is C8H15O2P. The van der Waals surface area contributed by atoms with Gasteiger partial charge < -0.3 is 0 Å². The van der Waals surface area contributed by atoms with Gasteiger partial charge >= 0.3 is 0 Å². The van der Waals surface area contributed by atoms with Gasteiger partial charge in [-0.15, -0.1) is 0 Å². The van der Waals surface area contributed by atoms with E-state index in [0.717, 1.165) is 12.8 Å². The minimum absolute atomic E-state index is 0.0844. The van der Waals surface area contributed by atoms with Gasteiger partial charge in [0, 0.05) is 21.4 Å². The summed E-state index contributed by atoms with van der Waals surface area (Å²) in [6.45, 7) is 3.90. The smallest absolute Gasteiger partial charge is 0.158 e. The first-order chi connectivity index (χ1) is 5.20. The molecule has 0 rings (SSSR count). The summed E-state index contributed by atoms with van der Waals surface area (Å²) in [5, 5.41) is 0. The Morgan fingerprint density at radius 2 is 1.36 bits per heavy atom. The second-order valence-electron chi connectivity index (χ2n) is 2.47. The lowest BCUT2D eigenvalue weighted by molar-refractivity contribution is -0.113. The maximum Gasteiger partial charge on any atom is 0.158 e. The van der Waals surface area contributed by atoms with E-state index in [9.17, 15) is 9.59 Å². The number of carbonyl (C=O) groups excluding carboxylic acids is 2. The van der Waals surface area contributed by atoms with Gasteiger partial charge in [-0.05, 0) is 12.8 Å². The van der Waals surface area contributed by atoms with Crippen molar-refractivity contribution in [3.05, 3.63) is 0 Å². The number of carbonyl (C=O) groups is 2. The predicted octanol–water partition coefficient (Wildman–Crippen LogP) is 2.32. The molecule has 0 spiro atoms. The molecule has 0 N–H and O–H groups in total. The minimum atomic E-state index is -0.0844. The summed E-state index contributed by atoms with van der Waals surface area (Å²) >= 11 is 0. The Bertz CT molecular complexity index is 127. The van der Waals surface area contributed by atoms with Crippen molar-refractivity contribution in [2.45, 2.75) is 39.5 Å². The molecule has 0 aromatic rings. The Hall–Kier alpha value is -0.230. The van der Waals surface area contributed by atoms with Gasteiger partial charge in [-0.3, -0.25) is 9.59 Å². The molecule has 0 saturated carbocycles. The summed E-state index contributed by atoms with van der Waals surface area (Å²) in [5.74, 6) is 0. The summed E-state index contributed by atoms with van der Waals surface area (Å²) in [7, 11) is -0.0844. The van der Waals surface area contributed by atoms with Crippen LogP contribution in [0.3, 0.4) is 0 Å². The Morgan fingerprint density at radius 1 is 1.00 bits per heavy atom. The summed E-state index contributed by atoms with van der Waals surface area (Å²) in [4.78, 5) is 21.8. The van der Waals surface area contributed by atoms with Crippen LogP contribution < -0.4 is 0 Å². The van der Waals surface area contributed by atoms with E-state index in [1.54, 1.807) is 0 Å². The van der Waals surface area contributed by atoms with Crippen molar-refractivity contribution in [3.63, 3.8) is 0 Å². The Kier molecular flexibility index (Phi) is 6.34. The van der Waals surface area contributed by atoms with Crippen molar-refractivity contribution >= 4 is 19.6 Å². The van der Waals surface area contributed by atoms with Crippen molar-refractivity contribution in [1.29, 1.82) is 0 Å². The van der Waals surface area contributed by atoms with Crippen LogP contribution in [-0.4, -0.2) is 11.0 Å². The Labute approximate surface area is 69.5 Å². The highest BCUT2D eigenvalue weighted by Crippen LogP contribution is 2.18. The average molecular weight is 174 g/mol. The summed E-state index contributed by atoms with van der Waals surface area (Å²) in [5.41, 5.74) is 0.233. The lowest BCUT2D eigenvalue weighted by atomic mass is 10.4. The summed E-state index contributed by atoms with van der Waals surface area (Å²) < 4.78 is 0. The maximum atomic E-state index is 10.9. The third kappa shape index (κ3) is 6.18. The van der Waals surface area contributed by atoms with Crippen LogP contribution in [0.5, 0.6) is 0 Å². The zero-order valence-electron chi connectivity index (χ0n) is 7.14. The van der Waals surface area contributed by atoms with Crippen LogP contribution in [0.15, 0.2) is 0 Å². The number of hydrogen-bond donors (Lipinski definition) is 0. The topological polar surface area (TPSA) is 34.1 Å². The summed E-state index contributed by atoms with van der Waals surface area (Å²) in [6, 6.07) is 0. The van der Waals surface area contributed by atoms with E-state index in [4.69, 9.17) is 0 Å². The molecule has 0 fully saturated rings. The van der Waals surface area contributed by atoms with Gasteiger partial charge in [0.1, 0.15) is 0 Å². The normalized spacial score (nSPS) is 9.64. The van der Waals surface area contributed by atoms with Crippen LogP contribution in [0.2, 0.25) is 0 Å². The molecule has 0 saturated heterocycles. The van der Waals surface area contributed by atoms with Crippen molar-refractivity contribution in [3.8, 4) is 0 Å². The molecule has 0 bridgehead atoms. The fraction of sp³-hybridized carbons (Fsp3) is 0.750. The molecule has 3 heteroatoms. The van der Waals surface area contributed by atoms with Gasteiger partial charge in [-0.1, -0.05) is 13.8 Å². The highest BCUT2D eigenvalue weighted by molar-refractivity contribution is 7.73. The van der Waals surface area contributed by atoms with Crippen molar-refractivity contribution in [1.82, 2.24) is 0 Å².